The molecule has 0 saturated carbocycles. The molecule has 0 bridgehead atoms. The van der Waals surface area contributed by atoms with Gasteiger partial charge in [0, 0.05) is 17.7 Å². The molecule has 1 atom stereocenters. The molecule has 3 aromatic rings. The third-order valence-electron chi connectivity index (χ3n) is 4.39. The molecule has 0 aliphatic heterocycles. The van der Waals surface area contributed by atoms with E-state index in [0.717, 1.165) is 41.0 Å². The third-order valence-corrected chi connectivity index (χ3v) is 4.39. The first-order valence-corrected chi connectivity index (χ1v) is 8.30. The molecule has 120 valence electrons. The molecule has 1 unspecified atom stereocenters. The lowest BCUT2D eigenvalue weighted by Crippen LogP contribution is -2.14. The highest BCUT2D eigenvalue weighted by atomic mass is 16.1. The van der Waals surface area contributed by atoms with E-state index in [0.29, 0.717) is 12.3 Å². The van der Waals surface area contributed by atoms with Crippen LogP contribution >= 0.6 is 0 Å². The average Bonchev–Trinajstić information content (AvgIpc) is 3.24. The lowest BCUT2D eigenvalue weighted by molar-refractivity contribution is -0.116. The third kappa shape index (κ3) is 3.08. The van der Waals surface area contributed by atoms with E-state index in [9.17, 15) is 4.79 Å². The zero-order valence-corrected chi connectivity index (χ0v) is 13.3. The number of aromatic amines is 1. The number of hydrogen-bond donors (Lipinski definition) is 2. The van der Waals surface area contributed by atoms with E-state index in [-0.39, 0.29) is 5.91 Å². The van der Waals surface area contributed by atoms with Gasteiger partial charge in [0.1, 0.15) is 5.82 Å². The second-order valence-electron chi connectivity index (χ2n) is 6.20. The number of imidazole rings is 1. The molecule has 4 nitrogen and oxygen atoms in total. The lowest BCUT2D eigenvalue weighted by atomic mass is 10.0. The van der Waals surface area contributed by atoms with Crippen molar-refractivity contribution < 1.29 is 4.79 Å². The van der Waals surface area contributed by atoms with Gasteiger partial charge in [0.25, 0.3) is 0 Å². The van der Waals surface area contributed by atoms with E-state index >= 15 is 0 Å². The normalized spacial score (nSPS) is 16.6. The fourth-order valence-corrected chi connectivity index (χ4v) is 3.12. The van der Waals surface area contributed by atoms with Crippen LogP contribution in [0.5, 0.6) is 0 Å². The number of carbonyl (C=O) groups excluding carboxylic acids is 1. The Morgan fingerprint density at radius 1 is 1.17 bits per heavy atom. The Morgan fingerprint density at radius 3 is 2.75 bits per heavy atom. The summed E-state index contributed by atoms with van der Waals surface area (Å²) in [6.45, 7) is 0. The number of hydrogen-bond acceptors (Lipinski definition) is 2. The van der Waals surface area contributed by atoms with Gasteiger partial charge in [-0.3, -0.25) is 4.79 Å². The van der Waals surface area contributed by atoms with Crippen molar-refractivity contribution in [2.24, 2.45) is 5.92 Å². The molecular formula is C20H19N3O. The van der Waals surface area contributed by atoms with Gasteiger partial charge in [-0.05, 0) is 55.2 Å². The van der Waals surface area contributed by atoms with Crippen molar-refractivity contribution in [3.05, 3.63) is 60.7 Å². The Hall–Kier alpha value is -2.88. The molecule has 0 radical (unpaired) electrons. The number of anilines is 1. The smallest absolute Gasteiger partial charge is 0.224 e. The van der Waals surface area contributed by atoms with Crippen LogP contribution in [0.3, 0.4) is 0 Å². The average molecular weight is 317 g/mol. The quantitative estimate of drug-likeness (QED) is 0.695. The molecular weight excluding hydrogens is 298 g/mol. The summed E-state index contributed by atoms with van der Waals surface area (Å²) in [6.07, 6.45) is 7.02. The summed E-state index contributed by atoms with van der Waals surface area (Å²) in [5, 5.41) is 2.97. The number of nitrogens with zero attached hydrogens (tertiary/aromatic N) is 1. The van der Waals surface area contributed by atoms with Crippen LogP contribution in [0, 0.1) is 5.92 Å². The zero-order chi connectivity index (χ0) is 16.4. The van der Waals surface area contributed by atoms with Crippen LogP contribution in [-0.2, 0) is 4.79 Å². The molecule has 1 amide bonds. The number of benzene rings is 2. The van der Waals surface area contributed by atoms with Crippen LogP contribution in [0.4, 0.5) is 5.69 Å². The Kier molecular flexibility index (Phi) is 3.87. The van der Waals surface area contributed by atoms with E-state index < -0.39 is 0 Å². The molecule has 4 rings (SSSR count). The number of rotatable bonds is 4. The van der Waals surface area contributed by atoms with Crippen molar-refractivity contribution >= 4 is 22.6 Å². The molecule has 2 N–H and O–H groups in total. The van der Waals surface area contributed by atoms with E-state index in [2.05, 4.69) is 27.4 Å². The Labute approximate surface area is 140 Å². The highest BCUT2D eigenvalue weighted by molar-refractivity contribution is 5.91. The molecule has 1 aromatic heterocycles. The van der Waals surface area contributed by atoms with Gasteiger partial charge in [0.2, 0.25) is 5.91 Å². The minimum atomic E-state index is 0.0723. The number of amides is 1. The highest BCUT2D eigenvalue weighted by Gasteiger charge is 2.14. The van der Waals surface area contributed by atoms with Crippen molar-refractivity contribution in [3.8, 4) is 11.4 Å². The maximum Gasteiger partial charge on any atom is 0.224 e. The van der Waals surface area contributed by atoms with Gasteiger partial charge in [-0.15, -0.1) is 0 Å². The topological polar surface area (TPSA) is 57.8 Å². The van der Waals surface area contributed by atoms with Gasteiger partial charge in [0.05, 0.1) is 11.0 Å². The van der Waals surface area contributed by atoms with Crippen molar-refractivity contribution in [3.63, 3.8) is 0 Å². The molecule has 0 fully saturated rings. The fourth-order valence-electron chi connectivity index (χ4n) is 3.12. The number of H-pyrrole nitrogens is 1. The van der Waals surface area contributed by atoms with Crippen LogP contribution in [0.15, 0.2) is 60.7 Å². The minimum Gasteiger partial charge on any atom is -0.338 e. The van der Waals surface area contributed by atoms with E-state index in [4.69, 9.17) is 0 Å². The predicted octanol–water partition coefficient (Wildman–Crippen LogP) is 4.52. The molecule has 4 heteroatoms. The van der Waals surface area contributed by atoms with Crippen LogP contribution in [-0.4, -0.2) is 15.9 Å². The molecule has 0 spiro atoms. The maximum atomic E-state index is 12.1. The number of fused-ring (bicyclic) bond motifs is 1. The first kappa shape index (κ1) is 14.7. The van der Waals surface area contributed by atoms with Crippen LogP contribution in [0.1, 0.15) is 19.3 Å². The van der Waals surface area contributed by atoms with Crippen LogP contribution in [0.2, 0.25) is 0 Å². The van der Waals surface area contributed by atoms with Crippen molar-refractivity contribution in [1.82, 2.24) is 9.97 Å². The molecule has 0 saturated heterocycles. The predicted molar refractivity (Wildman–Crippen MR) is 96.6 cm³/mol. The summed E-state index contributed by atoms with van der Waals surface area (Å²) in [6, 6.07) is 15.8. The monoisotopic (exact) mass is 317 g/mol. The fraction of sp³-hybridized carbons (Fsp3) is 0.200. The van der Waals surface area contributed by atoms with E-state index in [1.54, 1.807) is 0 Å². The molecule has 1 aliphatic carbocycles. The van der Waals surface area contributed by atoms with Gasteiger partial charge >= 0.3 is 0 Å². The van der Waals surface area contributed by atoms with E-state index in [1.807, 2.05) is 48.5 Å². The number of para-hydroxylation sites is 2. The summed E-state index contributed by atoms with van der Waals surface area (Å²) >= 11 is 0. The minimum absolute atomic E-state index is 0.0723. The van der Waals surface area contributed by atoms with Gasteiger partial charge < -0.3 is 10.3 Å². The van der Waals surface area contributed by atoms with Crippen LogP contribution < -0.4 is 5.32 Å². The van der Waals surface area contributed by atoms with Crippen LogP contribution in [0.25, 0.3) is 22.4 Å². The Bertz CT molecular complexity index is 860. The second kappa shape index (κ2) is 6.32. The van der Waals surface area contributed by atoms with Crippen molar-refractivity contribution in [2.75, 3.05) is 5.32 Å². The molecule has 1 heterocycles. The summed E-state index contributed by atoms with van der Waals surface area (Å²) in [4.78, 5) is 20.0. The molecule has 1 aliphatic rings. The Morgan fingerprint density at radius 2 is 2.00 bits per heavy atom. The van der Waals surface area contributed by atoms with E-state index in [1.165, 1.54) is 0 Å². The van der Waals surface area contributed by atoms with Crippen molar-refractivity contribution in [1.29, 1.82) is 0 Å². The van der Waals surface area contributed by atoms with Gasteiger partial charge in [-0.1, -0.05) is 24.3 Å². The number of aromatic nitrogens is 2. The molecule has 2 aromatic carbocycles. The second-order valence-corrected chi connectivity index (χ2v) is 6.20. The zero-order valence-electron chi connectivity index (χ0n) is 13.3. The largest absolute Gasteiger partial charge is 0.338 e. The summed E-state index contributed by atoms with van der Waals surface area (Å²) < 4.78 is 0. The number of allylic oxidation sites excluding steroid dienone is 2. The van der Waals surface area contributed by atoms with Crippen molar-refractivity contribution in [2.45, 2.75) is 19.3 Å². The Balaban J connectivity index is 1.46. The lowest BCUT2D eigenvalue weighted by Gasteiger charge is -2.09. The van der Waals surface area contributed by atoms with Gasteiger partial charge in [-0.25, -0.2) is 4.98 Å². The first-order valence-electron chi connectivity index (χ1n) is 8.30. The van der Waals surface area contributed by atoms with Gasteiger partial charge in [-0.2, -0.15) is 0 Å². The highest BCUT2D eigenvalue weighted by Crippen LogP contribution is 2.23. The number of carbonyl (C=O) groups is 1. The summed E-state index contributed by atoms with van der Waals surface area (Å²) in [5.74, 6) is 1.30. The summed E-state index contributed by atoms with van der Waals surface area (Å²) in [5.41, 5.74) is 3.80. The standard InChI is InChI=1S/C20H19N3O/c24-19(13-14-5-1-2-6-14)21-16-11-9-15(10-12-16)20-22-17-7-3-4-8-18(17)23-20/h1,3-5,7-12,14H,2,6,13H2,(H,21,24)(H,22,23). The molecule has 24 heavy (non-hydrogen) atoms. The number of nitrogens with one attached hydrogen (secondary N) is 2. The first-order chi connectivity index (χ1) is 11.8. The summed E-state index contributed by atoms with van der Waals surface area (Å²) in [7, 11) is 0. The SMILES string of the molecule is O=C(CC1C=CCC1)Nc1ccc(-c2nc3ccccc3[nH]2)cc1. The maximum absolute atomic E-state index is 12.1. The van der Waals surface area contributed by atoms with Gasteiger partial charge in [0.15, 0.2) is 0 Å².